The molecule has 1 aliphatic heterocycles. The highest BCUT2D eigenvalue weighted by Crippen LogP contribution is 2.44. The SMILES string of the molecule is Cc1cc(-c2ccnc3[nH]cc(F)c23)ncc1C1(O)[C@H](C)CN(C2CCC2)C[C@@H]1C. The zero-order valence-electron chi connectivity index (χ0n) is 17.8. The van der Waals surface area contributed by atoms with Crippen molar-refractivity contribution in [3.63, 3.8) is 0 Å². The fourth-order valence-electron chi connectivity index (χ4n) is 5.48. The molecule has 0 aromatic carbocycles. The molecule has 2 aliphatic rings. The largest absolute Gasteiger partial charge is 0.384 e. The number of likely N-dealkylation sites (tertiary alicyclic amines) is 1. The molecule has 2 N–H and O–H groups in total. The third kappa shape index (κ3) is 2.88. The van der Waals surface area contributed by atoms with Crippen molar-refractivity contribution < 1.29 is 9.50 Å². The summed E-state index contributed by atoms with van der Waals surface area (Å²) in [7, 11) is 0. The molecule has 2 fully saturated rings. The van der Waals surface area contributed by atoms with Crippen molar-refractivity contribution in [1.29, 1.82) is 0 Å². The highest BCUT2D eigenvalue weighted by molar-refractivity contribution is 5.92. The zero-order chi connectivity index (χ0) is 21.0. The van der Waals surface area contributed by atoms with Crippen LogP contribution in [0.15, 0.2) is 30.7 Å². The van der Waals surface area contributed by atoms with Crippen LogP contribution in [0, 0.1) is 24.6 Å². The Balaban J connectivity index is 1.51. The number of nitrogens with one attached hydrogen (secondary N) is 1. The molecule has 0 bridgehead atoms. The molecule has 158 valence electrons. The number of pyridine rings is 2. The number of aromatic amines is 1. The second-order valence-electron chi connectivity index (χ2n) is 9.27. The Bertz CT molecular complexity index is 1080. The maximum Gasteiger partial charge on any atom is 0.150 e. The van der Waals surface area contributed by atoms with Crippen LogP contribution in [0.1, 0.15) is 44.2 Å². The number of piperidine rings is 1. The van der Waals surface area contributed by atoms with E-state index in [1.54, 1.807) is 18.5 Å². The minimum absolute atomic E-state index is 0.114. The molecule has 3 atom stereocenters. The summed E-state index contributed by atoms with van der Waals surface area (Å²) >= 11 is 0. The first-order valence-electron chi connectivity index (χ1n) is 10.9. The van der Waals surface area contributed by atoms with Crippen LogP contribution in [-0.4, -0.2) is 44.1 Å². The van der Waals surface area contributed by atoms with Gasteiger partial charge in [-0.05, 0) is 37.5 Å². The molecule has 3 aromatic rings. The molecule has 5 nitrogen and oxygen atoms in total. The van der Waals surface area contributed by atoms with E-state index < -0.39 is 5.60 Å². The summed E-state index contributed by atoms with van der Waals surface area (Å²) in [5.74, 6) is -0.105. The van der Waals surface area contributed by atoms with Crippen molar-refractivity contribution in [2.75, 3.05) is 13.1 Å². The Morgan fingerprint density at radius 1 is 1.20 bits per heavy atom. The van der Waals surface area contributed by atoms with Crippen LogP contribution in [0.5, 0.6) is 0 Å². The van der Waals surface area contributed by atoms with Crippen molar-refractivity contribution >= 4 is 11.0 Å². The van der Waals surface area contributed by atoms with Gasteiger partial charge in [-0.25, -0.2) is 9.37 Å². The third-order valence-corrected chi connectivity index (χ3v) is 7.45. The van der Waals surface area contributed by atoms with E-state index in [2.05, 4.69) is 33.7 Å². The standard InChI is InChI=1S/C24H29FN4O/c1-14-9-21(18-7-8-26-23-22(18)20(25)11-28-23)27-10-19(14)24(30)15(2)12-29(13-16(24)3)17-5-4-6-17/h7-11,15-17,30H,4-6,12-13H2,1-3H3,(H,26,28)/t15-,16+,24?. The van der Waals surface area contributed by atoms with E-state index in [4.69, 9.17) is 0 Å². The molecule has 1 unspecified atom stereocenters. The lowest BCUT2D eigenvalue weighted by Crippen LogP contribution is -2.58. The molecule has 30 heavy (non-hydrogen) atoms. The Morgan fingerprint density at radius 3 is 2.57 bits per heavy atom. The van der Waals surface area contributed by atoms with Gasteiger partial charge in [0, 0.05) is 60.7 Å². The first-order chi connectivity index (χ1) is 14.4. The minimum Gasteiger partial charge on any atom is -0.384 e. The minimum atomic E-state index is -0.914. The number of aryl methyl sites for hydroxylation is 1. The van der Waals surface area contributed by atoms with Gasteiger partial charge in [0.1, 0.15) is 5.65 Å². The van der Waals surface area contributed by atoms with Gasteiger partial charge in [-0.3, -0.25) is 9.88 Å². The van der Waals surface area contributed by atoms with Crippen LogP contribution < -0.4 is 0 Å². The fourth-order valence-corrected chi connectivity index (χ4v) is 5.48. The molecular weight excluding hydrogens is 379 g/mol. The average molecular weight is 409 g/mol. The second kappa shape index (κ2) is 7.13. The number of halogens is 1. The van der Waals surface area contributed by atoms with E-state index in [-0.39, 0.29) is 17.7 Å². The first-order valence-corrected chi connectivity index (χ1v) is 10.9. The summed E-state index contributed by atoms with van der Waals surface area (Å²) in [6.45, 7) is 8.13. The monoisotopic (exact) mass is 408 g/mol. The van der Waals surface area contributed by atoms with E-state index in [1.165, 1.54) is 25.5 Å². The van der Waals surface area contributed by atoms with Crippen LogP contribution in [0.2, 0.25) is 0 Å². The number of hydrogen-bond acceptors (Lipinski definition) is 4. The summed E-state index contributed by atoms with van der Waals surface area (Å²) in [6, 6.07) is 4.44. The lowest BCUT2D eigenvalue weighted by Gasteiger charge is -2.52. The van der Waals surface area contributed by atoms with Crippen LogP contribution in [0.3, 0.4) is 0 Å². The number of aliphatic hydroxyl groups is 1. The number of nitrogens with zero attached hydrogens (tertiary/aromatic N) is 3. The van der Waals surface area contributed by atoms with Crippen molar-refractivity contribution in [1.82, 2.24) is 19.9 Å². The molecule has 3 aromatic heterocycles. The van der Waals surface area contributed by atoms with Crippen LogP contribution in [0.25, 0.3) is 22.3 Å². The van der Waals surface area contributed by atoms with Gasteiger partial charge >= 0.3 is 0 Å². The Morgan fingerprint density at radius 2 is 1.93 bits per heavy atom. The topological polar surface area (TPSA) is 65.0 Å². The first kappa shape index (κ1) is 19.6. The van der Waals surface area contributed by atoms with E-state index in [9.17, 15) is 9.50 Å². The van der Waals surface area contributed by atoms with E-state index in [1.807, 2.05) is 13.0 Å². The van der Waals surface area contributed by atoms with Gasteiger partial charge in [0.2, 0.25) is 0 Å². The van der Waals surface area contributed by atoms with Gasteiger partial charge in [0.25, 0.3) is 0 Å². The Kier molecular flexibility index (Phi) is 4.67. The molecule has 1 saturated heterocycles. The fraction of sp³-hybridized carbons (Fsp3) is 0.500. The lowest BCUT2D eigenvalue weighted by molar-refractivity contribution is -0.126. The van der Waals surface area contributed by atoms with Crippen molar-refractivity contribution in [3.8, 4) is 11.3 Å². The van der Waals surface area contributed by atoms with Gasteiger partial charge in [-0.2, -0.15) is 0 Å². The summed E-state index contributed by atoms with van der Waals surface area (Å²) in [6.07, 6.45) is 8.67. The van der Waals surface area contributed by atoms with Crippen molar-refractivity contribution in [2.24, 2.45) is 11.8 Å². The molecular formula is C24H29FN4O. The number of aromatic nitrogens is 3. The zero-order valence-corrected chi connectivity index (χ0v) is 17.8. The lowest BCUT2D eigenvalue weighted by atomic mass is 9.69. The van der Waals surface area contributed by atoms with Gasteiger partial charge in [0.05, 0.1) is 16.7 Å². The van der Waals surface area contributed by atoms with Crippen molar-refractivity contribution in [2.45, 2.75) is 51.7 Å². The molecule has 6 heteroatoms. The van der Waals surface area contributed by atoms with Gasteiger partial charge in [-0.15, -0.1) is 0 Å². The predicted molar refractivity (Wildman–Crippen MR) is 115 cm³/mol. The van der Waals surface area contributed by atoms with Crippen LogP contribution in [-0.2, 0) is 5.60 Å². The Hall–Kier alpha value is -2.31. The summed E-state index contributed by atoms with van der Waals surface area (Å²) in [5, 5.41) is 12.3. The number of H-pyrrole nitrogens is 1. The molecule has 0 spiro atoms. The van der Waals surface area contributed by atoms with Gasteiger partial charge in [0.15, 0.2) is 5.82 Å². The molecule has 1 aliphatic carbocycles. The normalized spacial score (nSPS) is 28.0. The number of hydrogen-bond donors (Lipinski definition) is 2. The summed E-state index contributed by atoms with van der Waals surface area (Å²) in [5.41, 5.74) is 2.87. The van der Waals surface area contributed by atoms with Gasteiger partial charge < -0.3 is 10.1 Å². The molecule has 0 radical (unpaired) electrons. The highest BCUT2D eigenvalue weighted by Gasteiger charge is 2.48. The molecule has 1 saturated carbocycles. The van der Waals surface area contributed by atoms with Gasteiger partial charge in [-0.1, -0.05) is 20.3 Å². The Labute approximate surface area is 176 Å². The predicted octanol–water partition coefficient (Wildman–Crippen LogP) is 4.40. The maximum absolute atomic E-state index is 14.3. The number of fused-ring (bicyclic) bond motifs is 1. The van der Waals surface area contributed by atoms with Crippen LogP contribution in [0.4, 0.5) is 4.39 Å². The summed E-state index contributed by atoms with van der Waals surface area (Å²) < 4.78 is 14.3. The summed E-state index contributed by atoms with van der Waals surface area (Å²) in [4.78, 5) is 14.3. The van der Waals surface area contributed by atoms with E-state index >= 15 is 0 Å². The quantitative estimate of drug-likeness (QED) is 0.674. The maximum atomic E-state index is 14.3. The molecule has 0 amide bonds. The smallest absolute Gasteiger partial charge is 0.150 e. The second-order valence-corrected chi connectivity index (χ2v) is 9.27. The number of rotatable bonds is 3. The van der Waals surface area contributed by atoms with E-state index in [0.29, 0.717) is 28.3 Å². The van der Waals surface area contributed by atoms with Crippen molar-refractivity contribution in [3.05, 3.63) is 47.7 Å². The third-order valence-electron chi connectivity index (χ3n) is 7.45. The molecule has 5 rings (SSSR count). The average Bonchev–Trinajstić information content (AvgIpc) is 3.06. The highest BCUT2D eigenvalue weighted by atomic mass is 19.1. The molecule has 4 heterocycles. The van der Waals surface area contributed by atoms with E-state index in [0.717, 1.165) is 24.2 Å². The van der Waals surface area contributed by atoms with Crippen LogP contribution >= 0.6 is 0 Å².